The molecule has 9 heteroatoms. The van der Waals surface area contributed by atoms with Crippen LogP contribution in [-0.2, 0) is 16.3 Å². The zero-order chi connectivity index (χ0) is 19.3. The zero-order valence-corrected chi connectivity index (χ0v) is 16.1. The number of sulfone groups is 1. The fourth-order valence-electron chi connectivity index (χ4n) is 3.39. The standard InChI is InChI=1S/C18H19N5O3S/c1-11-9-12(2)23-18(19-11)20-16(21-23)17(24)22-8-4-5-13-10-14(27(3,25)26)6-7-15(13)22/h6-7,9-10H,4-5,8H2,1-3H3. The maximum absolute atomic E-state index is 13.1. The lowest BCUT2D eigenvalue weighted by Crippen LogP contribution is -2.36. The van der Waals surface area contributed by atoms with Crippen molar-refractivity contribution in [2.75, 3.05) is 17.7 Å². The first-order valence-corrected chi connectivity index (χ1v) is 10.5. The molecule has 0 spiro atoms. The smallest absolute Gasteiger partial charge is 0.298 e. The van der Waals surface area contributed by atoms with Crippen molar-refractivity contribution in [3.8, 4) is 0 Å². The molecule has 0 atom stereocenters. The van der Waals surface area contributed by atoms with Crippen LogP contribution in [-0.4, -0.2) is 46.7 Å². The normalized spacial score (nSPS) is 14.4. The van der Waals surface area contributed by atoms with Gasteiger partial charge in [-0.05, 0) is 56.5 Å². The quantitative estimate of drug-likeness (QED) is 0.666. The second-order valence-electron chi connectivity index (χ2n) is 6.81. The molecule has 3 aromatic rings. The fraction of sp³-hybridized carbons (Fsp3) is 0.333. The van der Waals surface area contributed by atoms with E-state index < -0.39 is 9.84 Å². The van der Waals surface area contributed by atoms with E-state index in [1.807, 2.05) is 19.9 Å². The van der Waals surface area contributed by atoms with E-state index in [4.69, 9.17) is 0 Å². The number of carbonyl (C=O) groups is 1. The van der Waals surface area contributed by atoms with Gasteiger partial charge in [0.1, 0.15) is 0 Å². The summed E-state index contributed by atoms with van der Waals surface area (Å²) >= 11 is 0. The van der Waals surface area contributed by atoms with Crippen molar-refractivity contribution < 1.29 is 13.2 Å². The van der Waals surface area contributed by atoms with E-state index in [-0.39, 0.29) is 16.6 Å². The Labute approximate surface area is 156 Å². The van der Waals surface area contributed by atoms with Crippen LogP contribution in [0.25, 0.3) is 5.78 Å². The van der Waals surface area contributed by atoms with Crippen molar-refractivity contribution >= 4 is 27.2 Å². The average molecular weight is 385 g/mol. The molecule has 4 rings (SSSR count). The highest BCUT2D eigenvalue weighted by Crippen LogP contribution is 2.30. The lowest BCUT2D eigenvalue weighted by molar-refractivity contribution is 0.0975. The van der Waals surface area contributed by atoms with Crippen LogP contribution in [0.15, 0.2) is 29.2 Å². The van der Waals surface area contributed by atoms with Gasteiger partial charge in [0.05, 0.1) is 4.90 Å². The molecule has 0 saturated heterocycles. The van der Waals surface area contributed by atoms with Crippen LogP contribution >= 0.6 is 0 Å². The molecule has 0 fully saturated rings. The molecule has 0 saturated carbocycles. The SMILES string of the molecule is Cc1cc(C)n2nc(C(=O)N3CCCc4cc(S(C)(=O)=O)ccc43)nc2n1. The van der Waals surface area contributed by atoms with Gasteiger partial charge in [0.25, 0.3) is 11.7 Å². The Morgan fingerprint density at radius 2 is 1.93 bits per heavy atom. The third kappa shape index (κ3) is 3.08. The molecule has 0 bridgehead atoms. The summed E-state index contributed by atoms with van der Waals surface area (Å²) in [5.41, 5.74) is 3.20. The number of hydrogen-bond acceptors (Lipinski definition) is 6. The van der Waals surface area contributed by atoms with E-state index in [9.17, 15) is 13.2 Å². The third-order valence-electron chi connectivity index (χ3n) is 4.65. The number of aryl methyl sites for hydroxylation is 3. The maximum atomic E-state index is 13.1. The van der Waals surface area contributed by atoms with Crippen molar-refractivity contribution in [3.05, 3.63) is 47.0 Å². The third-order valence-corrected chi connectivity index (χ3v) is 5.76. The van der Waals surface area contributed by atoms with Crippen molar-refractivity contribution in [2.24, 2.45) is 0 Å². The summed E-state index contributed by atoms with van der Waals surface area (Å²) in [6.45, 7) is 4.28. The van der Waals surface area contributed by atoms with Gasteiger partial charge < -0.3 is 4.90 Å². The first-order valence-electron chi connectivity index (χ1n) is 8.60. The molecule has 2 aromatic heterocycles. The van der Waals surface area contributed by atoms with E-state index in [0.29, 0.717) is 18.0 Å². The van der Waals surface area contributed by atoms with Crippen LogP contribution in [0.2, 0.25) is 0 Å². The molecule has 1 aliphatic heterocycles. The van der Waals surface area contributed by atoms with Crippen LogP contribution in [0.1, 0.15) is 34.0 Å². The van der Waals surface area contributed by atoms with Crippen molar-refractivity contribution in [2.45, 2.75) is 31.6 Å². The lowest BCUT2D eigenvalue weighted by Gasteiger charge is -2.28. The van der Waals surface area contributed by atoms with Crippen LogP contribution in [0.5, 0.6) is 0 Å². The molecule has 140 valence electrons. The number of carbonyl (C=O) groups excluding carboxylic acids is 1. The van der Waals surface area contributed by atoms with Gasteiger partial charge >= 0.3 is 0 Å². The number of fused-ring (bicyclic) bond motifs is 2. The molecule has 1 aromatic carbocycles. The molecule has 27 heavy (non-hydrogen) atoms. The summed E-state index contributed by atoms with van der Waals surface area (Å²) < 4.78 is 25.2. The average Bonchev–Trinajstić information content (AvgIpc) is 3.03. The minimum absolute atomic E-state index is 0.0799. The van der Waals surface area contributed by atoms with E-state index in [2.05, 4.69) is 15.1 Å². The van der Waals surface area contributed by atoms with Crippen LogP contribution in [0.3, 0.4) is 0 Å². The number of benzene rings is 1. The highest BCUT2D eigenvalue weighted by atomic mass is 32.2. The van der Waals surface area contributed by atoms with Crippen molar-refractivity contribution in [1.82, 2.24) is 19.6 Å². The monoisotopic (exact) mass is 385 g/mol. The second kappa shape index (κ2) is 6.12. The largest absolute Gasteiger partial charge is 0.305 e. The Bertz CT molecular complexity index is 1180. The van der Waals surface area contributed by atoms with Gasteiger partial charge in [-0.2, -0.15) is 4.98 Å². The van der Waals surface area contributed by atoms with E-state index >= 15 is 0 Å². The molecule has 1 amide bonds. The Kier molecular flexibility index (Phi) is 3.99. The van der Waals surface area contributed by atoms with Crippen LogP contribution in [0, 0.1) is 13.8 Å². The van der Waals surface area contributed by atoms with Crippen molar-refractivity contribution in [3.63, 3.8) is 0 Å². The Hall–Kier alpha value is -2.81. The zero-order valence-electron chi connectivity index (χ0n) is 15.3. The van der Waals surface area contributed by atoms with Crippen LogP contribution in [0.4, 0.5) is 5.69 Å². The summed E-state index contributed by atoms with van der Waals surface area (Å²) in [7, 11) is -3.29. The van der Waals surface area contributed by atoms with Gasteiger partial charge in [-0.25, -0.2) is 17.9 Å². The first-order chi connectivity index (χ1) is 12.7. The van der Waals surface area contributed by atoms with Gasteiger partial charge in [0.2, 0.25) is 5.82 Å². The Morgan fingerprint density at radius 1 is 1.15 bits per heavy atom. The number of rotatable bonds is 2. The summed E-state index contributed by atoms with van der Waals surface area (Å²) in [5, 5.41) is 4.31. The van der Waals surface area contributed by atoms with Gasteiger partial charge in [-0.3, -0.25) is 4.79 Å². The molecule has 0 radical (unpaired) electrons. The summed E-state index contributed by atoms with van der Waals surface area (Å²) in [6.07, 6.45) is 2.65. The van der Waals surface area contributed by atoms with Crippen molar-refractivity contribution in [1.29, 1.82) is 0 Å². The van der Waals surface area contributed by atoms with Gasteiger partial charge in [0, 0.05) is 29.9 Å². The van der Waals surface area contributed by atoms with Gasteiger partial charge in [0.15, 0.2) is 9.84 Å². The van der Waals surface area contributed by atoms with E-state index in [0.717, 1.165) is 29.8 Å². The molecule has 0 aliphatic carbocycles. The topological polar surface area (TPSA) is 97.5 Å². The predicted octanol–water partition coefficient (Wildman–Crippen LogP) is 1.74. The number of hydrogen-bond donors (Lipinski definition) is 0. The lowest BCUT2D eigenvalue weighted by atomic mass is 10.0. The second-order valence-corrected chi connectivity index (χ2v) is 8.82. The summed E-state index contributed by atoms with van der Waals surface area (Å²) in [6, 6.07) is 6.74. The summed E-state index contributed by atoms with van der Waals surface area (Å²) in [5.74, 6) is 0.155. The molecule has 3 heterocycles. The maximum Gasteiger partial charge on any atom is 0.298 e. The number of anilines is 1. The molecule has 0 unspecified atom stereocenters. The van der Waals surface area contributed by atoms with Gasteiger partial charge in [-0.15, -0.1) is 5.10 Å². The fourth-order valence-corrected chi connectivity index (χ4v) is 4.06. The molecule has 8 nitrogen and oxygen atoms in total. The number of nitrogens with zero attached hydrogens (tertiary/aromatic N) is 5. The minimum atomic E-state index is -3.29. The molecular weight excluding hydrogens is 366 g/mol. The Morgan fingerprint density at radius 3 is 2.67 bits per heavy atom. The minimum Gasteiger partial charge on any atom is -0.305 e. The molecule has 1 aliphatic rings. The molecular formula is C18H19N5O3S. The highest BCUT2D eigenvalue weighted by molar-refractivity contribution is 7.90. The Balaban J connectivity index is 1.75. The number of amides is 1. The van der Waals surface area contributed by atoms with E-state index in [1.54, 1.807) is 21.5 Å². The summed E-state index contributed by atoms with van der Waals surface area (Å²) in [4.78, 5) is 23.5. The highest BCUT2D eigenvalue weighted by Gasteiger charge is 2.27. The van der Waals surface area contributed by atoms with Crippen LogP contribution < -0.4 is 4.90 Å². The first kappa shape index (κ1) is 17.6. The van der Waals surface area contributed by atoms with Gasteiger partial charge in [-0.1, -0.05) is 0 Å². The molecule has 0 N–H and O–H groups in total. The van der Waals surface area contributed by atoms with E-state index in [1.165, 1.54) is 12.3 Å². The predicted molar refractivity (Wildman–Crippen MR) is 99.8 cm³/mol. The number of aromatic nitrogens is 4.